The lowest BCUT2D eigenvalue weighted by Gasteiger charge is -2.26. The van der Waals surface area contributed by atoms with Gasteiger partial charge < -0.3 is 10.2 Å². The second-order valence-electron chi connectivity index (χ2n) is 7.16. The number of aryl methyl sites for hydroxylation is 1. The van der Waals surface area contributed by atoms with Crippen LogP contribution in [0.1, 0.15) is 41.0 Å². The van der Waals surface area contributed by atoms with Gasteiger partial charge >= 0.3 is 0 Å². The number of nitrogens with zero attached hydrogens (tertiary/aromatic N) is 3. The minimum atomic E-state index is -0.114. The number of hydrogen-bond donors (Lipinski definition) is 1. The quantitative estimate of drug-likeness (QED) is 0.664. The van der Waals surface area contributed by atoms with Crippen molar-refractivity contribution >= 4 is 11.7 Å². The van der Waals surface area contributed by atoms with Gasteiger partial charge in [0.1, 0.15) is 5.82 Å². The Morgan fingerprint density at radius 1 is 0.929 bits per heavy atom. The zero-order valence-corrected chi connectivity index (χ0v) is 16.6. The second-order valence-corrected chi connectivity index (χ2v) is 7.16. The van der Waals surface area contributed by atoms with Crippen LogP contribution in [0.2, 0.25) is 0 Å². The fourth-order valence-corrected chi connectivity index (χ4v) is 2.86. The summed E-state index contributed by atoms with van der Waals surface area (Å²) in [4.78, 5) is 14.7. The summed E-state index contributed by atoms with van der Waals surface area (Å²) >= 11 is 0. The molecule has 0 aliphatic rings. The van der Waals surface area contributed by atoms with Gasteiger partial charge in [-0.1, -0.05) is 60.2 Å². The summed E-state index contributed by atoms with van der Waals surface area (Å²) in [6, 6.07) is 21.9. The van der Waals surface area contributed by atoms with Crippen molar-refractivity contribution in [3.8, 4) is 0 Å². The highest BCUT2D eigenvalue weighted by atomic mass is 16.2. The third kappa shape index (κ3) is 5.16. The van der Waals surface area contributed by atoms with Crippen molar-refractivity contribution in [1.29, 1.82) is 0 Å². The number of carbonyl (C=O) groups is 1. The molecule has 1 aromatic heterocycles. The maximum absolute atomic E-state index is 12.9. The summed E-state index contributed by atoms with van der Waals surface area (Å²) in [7, 11) is 0. The van der Waals surface area contributed by atoms with Crippen LogP contribution in [0.4, 0.5) is 5.82 Å². The number of anilines is 1. The van der Waals surface area contributed by atoms with Crippen molar-refractivity contribution in [1.82, 2.24) is 15.1 Å². The van der Waals surface area contributed by atoms with E-state index in [-0.39, 0.29) is 11.9 Å². The molecule has 3 rings (SSSR count). The van der Waals surface area contributed by atoms with Gasteiger partial charge in [-0.15, -0.1) is 10.2 Å². The number of rotatable bonds is 7. The van der Waals surface area contributed by atoms with Gasteiger partial charge in [0.25, 0.3) is 5.91 Å². The van der Waals surface area contributed by atoms with Gasteiger partial charge in [-0.2, -0.15) is 0 Å². The summed E-state index contributed by atoms with van der Waals surface area (Å²) < 4.78 is 0. The molecule has 0 atom stereocenters. The molecule has 0 saturated carbocycles. The molecule has 0 radical (unpaired) electrons. The molecule has 5 heteroatoms. The van der Waals surface area contributed by atoms with Crippen molar-refractivity contribution in [2.24, 2.45) is 0 Å². The number of amides is 1. The molecule has 0 bridgehead atoms. The van der Waals surface area contributed by atoms with E-state index < -0.39 is 0 Å². The highest BCUT2D eigenvalue weighted by molar-refractivity contribution is 5.92. The summed E-state index contributed by atoms with van der Waals surface area (Å²) in [5.74, 6) is 0.535. The van der Waals surface area contributed by atoms with Gasteiger partial charge in [0.15, 0.2) is 5.69 Å². The fourth-order valence-electron chi connectivity index (χ4n) is 2.86. The van der Waals surface area contributed by atoms with Gasteiger partial charge in [-0.25, -0.2) is 0 Å². The van der Waals surface area contributed by atoms with Crippen molar-refractivity contribution in [2.75, 3.05) is 5.32 Å². The Balaban J connectivity index is 1.65. The highest BCUT2D eigenvalue weighted by Crippen LogP contribution is 2.13. The van der Waals surface area contributed by atoms with E-state index in [1.165, 1.54) is 11.1 Å². The molecule has 0 aliphatic heterocycles. The summed E-state index contributed by atoms with van der Waals surface area (Å²) in [6.07, 6.45) is 0. The average Bonchev–Trinajstić information content (AvgIpc) is 2.72. The van der Waals surface area contributed by atoms with Gasteiger partial charge in [0, 0.05) is 19.1 Å². The SMILES string of the molecule is Cc1ccc(CNc2ccc(C(=O)N(Cc3ccccc3)C(C)C)nn2)cc1. The van der Waals surface area contributed by atoms with Crippen LogP contribution < -0.4 is 5.32 Å². The third-order valence-corrected chi connectivity index (χ3v) is 4.56. The molecule has 2 aromatic carbocycles. The predicted molar refractivity (Wildman–Crippen MR) is 112 cm³/mol. The number of aromatic nitrogens is 2. The van der Waals surface area contributed by atoms with Gasteiger partial charge in [0.05, 0.1) is 0 Å². The predicted octanol–water partition coefficient (Wildman–Crippen LogP) is 4.45. The normalized spacial score (nSPS) is 10.7. The van der Waals surface area contributed by atoms with Crippen LogP contribution in [-0.4, -0.2) is 27.0 Å². The summed E-state index contributed by atoms with van der Waals surface area (Å²) in [5, 5.41) is 11.6. The Morgan fingerprint density at radius 2 is 1.64 bits per heavy atom. The maximum atomic E-state index is 12.9. The highest BCUT2D eigenvalue weighted by Gasteiger charge is 2.20. The second kappa shape index (κ2) is 9.13. The molecule has 1 amide bonds. The van der Waals surface area contributed by atoms with Crippen molar-refractivity contribution in [2.45, 2.75) is 39.9 Å². The number of hydrogen-bond acceptors (Lipinski definition) is 4. The first-order valence-corrected chi connectivity index (χ1v) is 9.51. The molecule has 3 aromatic rings. The molecule has 0 aliphatic carbocycles. The molecule has 0 fully saturated rings. The number of benzene rings is 2. The summed E-state index contributed by atoms with van der Waals surface area (Å²) in [6.45, 7) is 7.29. The Labute approximate surface area is 166 Å². The molecule has 0 unspecified atom stereocenters. The minimum Gasteiger partial charge on any atom is -0.365 e. The number of carbonyl (C=O) groups excluding carboxylic acids is 1. The van der Waals surface area contributed by atoms with Crippen LogP contribution >= 0.6 is 0 Å². The zero-order chi connectivity index (χ0) is 19.9. The topological polar surface area (TPSA) is 58.1 Å². The molecule has 144 valence electrons. The lowest BCUT2D eigenvalue weighted by Crippen LogP contribution is -2.37. The molecule has 0 spiro atoms. The molecular weight excluding hydrogens is 348 g/mol. The van der Waals surface area contributed by atoms with Gasteiger partial charge in [0.2, 0.25) is 0 Å². The fraction of sp³-hybridized carbons (Fsp3) is 0.261. The standard InChI is InChI=1S/C23H26N4O/c1-17(2)27(16-20-7-5-4-6-8-20)23(28)21-13-14-22(26-25-21)24-15-19-11-9-18(3)10-12-19/h4-14,17H,15-16H2,1-3H3,(H,24,26). The smallest absolute Gasteiger partial charge is 0.274 e. The van der Waals surface area contributed by atoms with E-state index in [0.717, 1.165) is 5.56 Å². The lowest BCUT2D eigenvalue weighted by molar-refractivity contribution is 0.0683. The van der Waals surface area contributed by atoms with Crippen LogP contribution in [0, 0.1) is 6.92 Å². The maximum Gasteiger partial charge on any atom is 0.274 e. The molecule has 28 heavy (non-hydrogen) atoms. The minimum absolute atomic E-state index is 0.0637. The molecule has 0 saturated heterocycles. The molecule has 1 heterocycles. The monoisotopic (exact) mass is 374 g/mol. The van der Waals surface area contributed by atoms with E-state index in [2.05, 4.69) is 46.7 Å². The van der Waals surface area contributed by atoms with Crippen molar-refractivity contribution < 1.29 is 4.79 Å². The first-order chi connectivity index (χ1) is 13.5. The van der Waals surface area contributed by atoms with Gasteiger partial charge in [-0.3, -0.25) is 4.79 Å². The Hall–Kier alpha value is -3.21. The molecule has 5 nitrogen and oxygen atoms in total. The average molecular weight is 374 g/mol. The van der Waals surface area contributed by atoms with E-state index in [1.54, 1.807) is 17.0 Å². The number of nitrogens with one attached hydrogen (secondary N) is 1. The van der Waals surface area contributed by atoms with Crippen LogP contribution in [-0.2, 0) is 13.1 Å². The Morgan fingerprint density at radius 3 is 2.25 bits per heavy atom. The third-order valence-electron chi connectivity index (χ3n) is 4.56. The van der Waals surface area contributed by atoms with E-state index in [0.29, 0.717) is 24.6 Å². The van der Waals surface area contributed by atoms with E-state index >= 15 is 0 Å². The van der Waals surface area contributed by atoms with Crippen LogP contribution in [0.5, 0.6) is 0 Å². The lowest BCUT2D eigenvalue weighted by atomic mass is 10.1. The van der Waals surface area contributed by atoms with Crippen molar-refractivity contribution in [3.05, 3.63) is 89.1 Å². The Bertz CT molecular complexity index is 890. The van der Waals surface area contributed by atoms with E-state index in [9.17, 15) is 4.79 Å². The molecular formula is C23H26N4O. The Kier molecular flexibility index (Phi) is 6.37. The first kappa shape index (κ1) is 19.5. The largest absolute Gasteiger partial charge is 0.365 e. The van der Waals surface area contributed by atoms with Gasteiger partial charge in [-0.05, 0) is 44.0 Å². The van der Waals surface area contributed by atoms with Crippen molar-refractivity contribution in [3.63, 3.8) is 0 Å². The summed E-state index contributed by atoms with van der Waals surface area (Å²) in [5.41, 5.74) is 3.84. The van der Waals surface area contributed by atoms with Crippen LogP contribution in [0.3, 0.4) is 0 Å². The van der Waals surface area contributed by atoms with Crippen LogP contribution in [0.15, 0.2) is 66.7 Å². The zero-order valence-electron chi connectivity index (χ0n) is 16.6. The molecule has 1 N–H and O–H groups in total. The van der Waals surface area contributed by atoms with E-state index in [1.807, 2.05) is 44.2 Å². The van der Waals surface area contributed by atoms with E-state index in [4.69, 9.17) is 0 Å². The first-order valence-electron chi connectivity index (χ1n) is 9.51. The van der Waals surface area contributed by atoms with Crippen LogP contribution in [0.25, 0.3) is 0 Å².